The molecule has 1 N–H and O–H groups in total. The van der Waals surface area contributed by atoms with Crippen molar-refractivity contribution in [2.75, 3.05) is 0 Å². The van der Waals surface area contributed by atoms with Gasteiger partial charge in [0, 0.05) is 26.6 Å². The lowest BCUT2D eigenvalue weighted by molar-refractivity contribution is 1.06. The molecular weight excluding hydrogens is 223 g/mol. The minimum atomic E-state index is 0.749. The molecule has 4 heteroatoms. The Bertz CT molecular complexity index is 90.9. The first-order valence-corrected chi connectivity index (χ1v) is 5.05. The first-order chi connectivity index (χ1) is 3.31. The van der Waals surface area contributed by atoms with Gasteiger partial charge < -0.3 is 0 Å². The van der Waals surface area contributed by atoms with Crippen LogP contribution in [-0.4, -0.2) is 0 Å². The fraction of sp³-hybridized carbons (Fsp3) is 0.333. The second-order valence-corrected chi connectivity index (χ2v) is 2.90. The fourth-order valence-electron chi connectivity index (χ4n) is 0.0908. The lowest BCUT2D eigenvalue weighted by Crippen LogP contribution is -1.56. The van der Waals surface area contributed by atoms with Crippen molar-refractivity contribution in [3.8, 4) is 0 Å². The van der Waals surface area contributed by atoms with Gasteiger partial charge in [0.15, 0.2) is 0 Å². The summed E-state index contributed by atoms with van der Waals surface area (Å²) >= 11 is 2.12. The van der Waals surface area contributed by atoms with Crippen LogP contribution in [0.15, 0.2) is 16.2 Å². The fourth-order valence-corrected chi connectivity index (χ4v) is 1.38. The SMILES string of the molecule is C/C(=C/SI)N=N. The van der Waals surface area contributed by atoms with Crippen LogP contribution >= 0.6 is 30.1 Å². The van der Waals surface area contributed by atoms with Gasteiger partial charge in [-0.25, -0.2) is 5.53 Å². The highest BCUT2D eigenvalue weighted by molar-refractivity contribution is 14.2. The van der Waals surface area contributed by atoms with Gasteiger partial charge in [-0.3, -0.25) is 0 Å². The second kappa shape index (κ2) is 4.58. The third-order valence-corrected chi connectivity index (χ3v) is 1.58. The summed E-state index contributed by atoms with van der Waals surface area (Å²) in [5.74, 6) is 0. The number of hydrogen-bond donors (Lipinski definition) is 1. The number of halogens is 1. The van der Waals surface area contributed by atoms with Crippen molar-refractivity contribution in [3.63, 3.8) is 0 Å². The highest BCUT2D eigenvalue weighted by Crippen LogP contribution is 2.14. The van der Waals surface area contributed by atoms with Gasteiger partial charge >= 0.3 is 0 Å². The highest BCUT2D eigenvalue weighted by Gasteiger charge is 1.76. The zero-order valence-electron chi connectivity index (χ0n) is 3.81. The second-order valence-electron chi connectivity index (χ2n) is 0.960. The Hall–Kier alpha value is 0.420. The molecule has 0 aliphatic carbocycles. The maximum absolute atomic E-state index is 6.45. The predicted molar refractivity (Wildman–Crippen MR) is 40.5 cm³/mol. The van der Waals surface area contributed by atoms with Crippen molar-refractivity contribution < 1.29 is 0 Å². The third-order valence-electron chi connectivity index (χ3n) is 0.391. The summed E-state index contributed by atoms with van der Waals surface area (Å²) < 4.78 is 0. The molecule has 0 heterocycles. The molecule has 0 aliphatic heterocycles. The van der Waals surface area contributed by atoms with E-state index in [4.69, 9.17) is 5.53 Å². The molecule has 0 aromatic heterocycles. The van der Waals surface area contributed by atoms with Crippen LogP contribution in [-0.2, 0) is 0 Å². The van der Waals surface area contributed by atoms with Crippen LogP contribution in [0.4, 0.5) is 0 Å². The zero-order chi connectivity index (χ0) is 5.70. The minimum Gasteiger partial charge on any atom is -0.205 e. The predicted octanol–water partition coefficient (Wildman–Crippen LogP) is 2.96. The van der Waals surface area contributed by atoms with Crippen molar-refractivity contribution >= 4 is 30.1 Å². The Morgan fingerprint density at radius 1 is 2.00 bits per heavy atom. The Morgan fingerprint density at radius 3 is 2.71 bits per heavy atom. The van der Waals surface area contributed by atoms with Gasteiger partial charge in [-0.2, -0.15) is 5.11 Å². The summed E-state index contributed by atoms with van der Waals surface area (Å²) in [6, 6.07) is 0. The summed E-state index contributed by atoms with van der Waals surface area (Å²) in [5, 5.41) is 4.98. The smallest absolute Gasteiger partial charge is 0.0663 e. The molecule has 0 aromatic rings. The molecule has 40 valence electrons. The average Bonchev–Trinajstić information content (AvgIpc) is 1.68. The molecule has 0 unspecified atom stereocenters. The van der Waals surface area contributed by atoms with Crippen LogP contribution in [0.2, 0.25) is 0 Å². The van der Waals surface area contributed by atoms with Gasteiger partial charge in [-0.1, -0.05) is 8.93 Å². The van der Waals surface area contributed by atoms with E-state index >= 15 is 0 Å². The average molecular weight is 228 g/mol. The van der Waals surface area contributed by atoms with Gasteiger partial charge in [0.2, 0.25) is 0 Å². The van der Waals surface area contributed by atoms with Crippen LogP contribution < -0.4 is 0 Å². The summed E-state index contributed by atoms with van der Waals surface area (Å²) in [6.07, 6.45) is 0. The zero-order valence-corrected chi connectivity index (χ0v) is 6.78. The first-order valence-electron chi connectivity index (χ1n) is 1.63. The van der Waals surface area contributed by atoms with Gasteiger partial charge in [-0.15, -0.1) is 0 Å². The largest absolute Gasteiger partial charge is 0.205 e. The molecule has 0 radical (unpaired) electrons. The van der Waals surface area contributed by atoms with Crippen LogP contribution in [0.1, 0.15) is 6.92 Å². The van der Waals surface area contributed by atoms with Crippen molar-refractivity contribution in [1.82, 2.24) is 0 Å². The third kappa shape index (κ3) is 4.27. The number of nitrogens with one attached hydrogen (secondary N) is 1. The lowest BCUT2D eigenvalue weighted by atomic mass is 10.6. The van der Waals surface area contributed by atoms with Gasteiger partial charge in [-0.05, 0) is 6.92 Å². The molecule has 0 bridgehead atoms. The summed E-state index contributed by atoms with van der Waals surface area (Å²) in [5.41, 5.74) is 7.20. The quantitative estimate of drug-likeness (QED) is 0.572. The van der Waals surface area contributed by atoms with Crippen molar-refractivity contribution in [2.45, 2.75) is 6.92 Å². The normalized spacial score (nSPS) is 11.4. The summed E-state index contributed by atoms with van der Waals surface area (Å²) in [6.45, 7) is 1.79. The minimum absolute atomic E-state index is 0.749. The summed E-state index contributed by atoms with van der Waals surface area (Å²) in [4.78, 5) is 0. The van der Waals surface area contributed by atoms with Crippen LogP contribution in [0.25, 0.3) is 0 Å². The topological polar surface area (TPSA) is 36.2 Å². The molecule has 0 saturated heterocycles. The maximum atomic E-state index is 6.45. The summed E-state index contributed by atoms with van der Waals surface area (Å²) in [7, 11) is 1.53. The Labute approximate surface area is 58.8 Å². The maximum Gasteiger partial charge on any atom is 0.0663 e. The van der Waals surface area contributed by atoms with E-state index in [2.05, 4.69) is 26.3 Å². The highest BCUT2D eigenvalue weighted by atomic mass is 127. The number of allylic oxidation sites excluding steroid dienone is 1. The van der Waals surface area contributed by atoms with Gasteiger partial charge in [0.25, 0.3) is 0 Å². The lowest BCUT2D eigenvalue weighted by Gasteiger charge is -1.79. The molecular formula is C3H5IN2S. The van der Waals surface area contributed by atoms with Crippen molar-refractivity contribution in [1.29, 1.82) is 5.53 Å². The molecule has 0 saturated carbocycles. The number of nitrogens with zero attached hydrogens (tertiary/aromatic N) is 1. The molecule has 0 spiro atoms. The van der Waals surface area contributed by atoms with E-state index in [1.165, 1.54) is 8.93 Å². The monoisotopic (exact) mass is 228 g/mol. The Morgan fingerprint density at radius 2 is 2.57 bits per heavy atom. The molecule has 0 rings (SSSR count). The standard InChI is InChI=1S/C3H5IN2S/c1-3(6-5)2-7-4/h2,5H,1H3/b3-2-,6-5?. The van der Waals surface area contributed by atoms with Crippen LogP contribution in [0, 0.1) is 5.53 Å². The first kappa shape index (κ1) is 7.42. The van der Waals surface area contributed by atoms with Crippen molar-refractivity contribution in [2.24, 2.45) is 5.11 Å². The van der Waals surface area contributed by atoms with E-state index in [1.807, 2.05) is 5.41 Å². The van der Waals surface area contributed by atoms with E-state index in [9.17, 15) is 0 Å². The van der Waals surface area contributed by atoms with Crippen molar-refractivity contribution in [3.05, 3.63) is 11.1 Å². The van der Waals surface area contributed by atoms with Gasteiger partial charge in [0.1, 0.15) is 0 Å². The number of hydrogen-bond acceptors (Lipinski definition) is 3. The Kier molecular flexibility index (Phi) is 4.85. The van der Waals surface area contributed by atoms with Crippen LogP contribution in [0.3, 0.4) is 0 Å². The molecule has 0 amide bonds. The molecule has 7 heavy (non-hydrogen) atoms. The Balaban J connectivity index is 3.49. The molecule has 0 aliphatic rings. The molecule has 0 fully saturated rings. The molecule has 0 aromatic carbocycles. The number of rotatable bonds is 2. The van der Waals surface area contributed by atoms with E-state index in [0.717, 1.165) is 5.70 Å². The molecule has 2 nitrogen and oxygen atoms in total. The van der Waals surface area contributed by atoms with E-state index in [1.54, 1.807) is 6.92 Å². The van der Waals surface area contributed by atoms with E-state index in [-0.39, 0.29) is 0 Å². The van der Waals surface area contributed by atoms with E-state index in [0.29, 0.717) is 0 Å². The van der Waals surface area contributed by atoms with Gasteiger partial charge in [0.05, 0.1) is 5.70 Å². The van der Waals surface area contributed by atoms with Crippen LogP contribution in [0.5, 0.6) is 0 Å². The molecule has 0 atom stereocenters. The van der Waals surface area contributed by atoms with E-state index < -0.39 is 0 Å².